The van der Waals surface area contributed by atoms with Crippen LogP contribution in [0.4, 0.5) is 0 Å². The van der Waals surface area contributed by atoms with E-state index in [1.54, 1.807) is 14.0 Å². The van der Waals surface area contributed by atoms with Crippen molar-refractivity contribution in [2.24, 2.45) is 0 Å². The summed E-state index contributed by atoms with van der Waals surface area (Å²) in [6, 6.07) is 7.74. The van der Waals surface area contributed by atoms with E-state index in [2.05, 4.69) is 20.2 Å². The molecule has 1 aromatic carbocycles. The Bertz CT molecular complexity index is 722. The van der Waals surface area contributed by atoms with Gasteiger partial charge in [0.15, 0.2) is 0 Å². The molecule has 6 nitrogen and oxygen atoms in total. The molecule has 0 radical (unpaired) electrons. The maximum Gasteiger partial charge on any atom is 0.244 e. The second kappa shape index (κ2) is 6.38. The maximum atomic E-state index is 12.5. The van der Waals surface area contributed by atoms with Crippen molar-refractivity contribution in [1.82, 2.24) is 20.2 Å². The Kier molecular flexibility index (Phi) is 4.76. The van der Waals surface area contributed by atoms with E-state index >= 15 is 0 Å². The summed E-state index contributed by atoms with van der Waals surface area (Å²) in [4.78, 5) is 0.226. The number of nitrogens with zero attached hydrogens (tertiary/aromatic N) is 1. The molecule has 0 bridgehead atoms. The number of hydrogen-bond donors (Lipinski definition) is 3. The molecule has 0 fully saturated rings. The molecule has 3 N–H and O–H groups in total. The molecule has 0 amide bonds. The molecule has 0 atom stereocenters. The molecule has 0 saturated carbocycles. The molecule has 0 aliphatic rings. The molecule has 0 aliphatic carbocycles. The van der Waals surface area contributed by atoms with Gasteiger partial charge in [0, 0.05) is 13.1 Å². The molecule has 2 rings (SSSR count). The first kappa shape index (κ1) is 15.7. The van der Waals surface area contributed by atoms with Gasteiger partial charge < -0.3 is 5.32 Å². The quantitative estimate of drug-likeness (QED) is 0.749. The van der Waals surface area contributed by atoms with Crippen LogP contribution in [0, 0.1) is 13.8 Å². The molecule has 1 aromatic heterocycles. The summed E-state index contributed by atoms with van der Waals surface area (Å²) in [5.74, 6) is 0. The average Bonchev–Trinajstić information content (AvgIpc) is 2.79. The third-order valence-electron chi connectivity index (χ3n) is 3.12. The van der Waals surface area contributed by atoms with Crippen molar-refractivity contribution >= 4 is 10.0 Å². The molecule has 21 heavy (non-hydrogen) atoms. The number of nitrogens with one attached hydrogen (secondary N) is 3. The molecule has 0 unspecified atom stereocenters. The molecule has 7 heteroatoms. The normalized spacial score (nSPS) is 11.8. The van der Waals surface area contributed by atoms with Crippen molar-refractivity contribution < 1.29 is 8.42 Å². The van der Waals surface area contributed by atoms with Crippen LogP contribution in [0.2, 0.25) is 0 Å². The minimum absolute atomic E-state index is 0.226. The molecule has 2 aromatic rings. The van der Waals surface area contributed by atoms with Crippen molar-refractivity contribution in [2.45, 2.75) is 31.8 Å². The lowest BCUT2D eigenvalue weighted by Gasteiger charge is -2.08. The van der Waals surface area contributed by atoms with Crippen LogP contribution in [-0.2, 0) is 23.1 Å². The first-order valence-electron chi connectivity index (χ1n) is 6.67. The topological polar surface area (TPSA) is 86.9 Å². The number of aromatic nitrogens is 2. The van der Waals surface area contributed by atoms with E-state index in [1.807, 2.05) is 31.2 Å². The summed E-state index contributed by atoms with van der Waals surface area (Å²) in [6.45, 7) is 4.33. The molecular formula is C14H20N4O2S. The minimum atomic E-state index is -3.60. The standard InChI is InChI=1S/C14H20N4O2S/c1-10-5-4-6-12(7-10)8-16-21(19,20)14-11(2)17-18-13(14)9-15-3/h4-7,15-16H,8-9H2,1-3H3,(H,17,18). The highest BCUT2D eigenvalue weighted by atomic mass is 32.2. The number of benzene rings is 1. The van der Waals surface area contributed by atoms with E-state index in [4.69, 9.17) is 0 Å². The second-order valence-corrected chi connectivity index (χ2v) is 6.67. The van der Waals surface area contributed by atoms with Gasteiger partial charge in [-0.1, -0.05) is 29.8 Å². The fourth-order valence-corrected chi connectivity index (χ4v) is 3.56. The Morgan fingerprint density at radius 2 is 2.00 bits per heavy atom. The zero-order chi connectivity index (χ0) is 15.5. The van der Waals surface area contributed by atoms with Crippen molar-refractivity contribution in [1.29, 1.82) is 0 Å². The number of H-pyrrole nitrogens is 1. The Morgan fingerprint density at radius 1 is 1.24 bits per heavy atom. The van der Waals surface area contributed by atoms with Crippen LogP contribution < -0.4 is 10.0 Å². The minimum Gasteiger partial charge on any atom is -0.314 e. The van der Waals surface area contributed by atoms with Crippen LogP contribution in [0.5, 0.6) is 0 Å². The average molecular weight is 308 g/mol. The largest absolute Gasteiger partial charge is 0.314 e. The highest BCUT2D eigenvalue weighted by Crippen LogP contribution is 2.17. The van der Waals surface area contributed by atoms with Gasteiger partial charge in [0.05, 0.1) is 11.4 Å². The third-order valence-corrected chi connectivity index (χ3v) is 4.73. The van der Waals surface area contributed by atoms with E-state index in [0.29, 0.717) is 17.9 Å². The Hall–Kier alpha value is -1.70. The van der Waals surface area contributed by atoms with Crippen molar-refractivity contribution in [3.63, 3.8) is 0 Å². The predicted octanol–water partition coefficient (Wildman–Crippen LogP) is 1.22. The van der Waals surface area contributed by atoms with E-state index in [1.165, 1.54) is 0 Å². The van der Waals surface area contributed by atoms with Gasteiger partial charge in [0.2, 0.25) is 10.0 Å². The van der Waals surface area contributed by atoms with E-state index in [0.717, 1.165) is 11.1 Å². The molecule has 114 valence electrons. The van der Waals surface area contributed by atoms with Gasteiger partial charge in [-0.05, 0) is 26.5 Å². The first-order valence-corrected chi connectivity index (χ1v) is 8.16. The van der Waals surface area contributed by atoms with Gasteiger partial charge in [0.1, 0.15) is 4.90 Å². The summed E-state index contributed by atoms with van der Waals surface area (Å²) in [5, 5.41) is 9.68. The van der Waals surface area contributed by atoms with Crippen molar-refractivity contribution in [3.05, 3.63) is 46.8 Å². The summed E-state index contributed by atoms with van der Waals surface area (Å²) in [6.07, 6.45) is 0. The second-order valence-electron chi connectivity index (χ2n) is 4.97. The zero-order valence-electron chi connectivity index (χ0n) is 12.4. The van der Waals surface area contributed by atoms with Gasteiger partial charge in [0.25, 0.3) is 0 Å². The Morgan fingerprint density at radius 3 is 2.67 bits per heavy atom. The summed E-state index contributed by atoms with van der Waals surface area (Å²) < 4.78 is 27.6. The number of rotatable bonds is 6. The number of aromatic amines is 1. The van der Waals surface area contributed by atoms with Gasteiger partial charge in [-0.2, -0.15) is 5.10 Å². The van der Waals surface area contributed by atoms with Crippen LogP contribution in [0.15, 0.2) is 29.2 Å². The highest BCUT2D eigenvalue weighted by Gasteiger charge is 2.23. The molecule has 0 saturated heterocycles. The zero-order valence-corrected chi connectivity index (χ0v) is 13.2. The van der Waals surface area contributed by atoms with Crippen molar-refractivity contribution in [3.8, 4) is 0 Å². The maximum absolute atomic E-state index is 12.5. The van der Waals surface area contributed by atoms with Gasteiger partial charge in [-0.15, -0.1) is 0 Å². The smallest absolute Gasteiger partial charge is 0.244 e. The predicted molar refractivity (Wildman–Crippen MR) is 81.3 cm³/mol. The van der Waals surface area contributed by atoms with Crippen LogP contribution in [0.1, 0.15) is 22.5 Å². The third kappa shape index (κ3) is 3.69. The highest BCUT2D eigenvalue weighted by molar-refractivity contribution is 7.89. The lowest BCUT2D eigenvalue weighted by atomic mass is 10.1. The summed E-state index contributed by atoms with van der Waals surface area (Å²) >= 11 is 0. The fraction of sp³-hybridized carbons (Fsp3) is 0.357. The molecule has 0 spiro atoms. The van der Waals surface area contributed by atoms with E-state index in [9.17, 15) is 8.42 Å². The SMILES string of the molecule is CNCc1n[nH]c(C)c1S(=O)(=O)NCc1cccc(C)c1. The van der Waals surface area contributed by atoms with Crippen LogP contribution in [-0.4, -0.2) is 25.7 Å². The van der Waals surface area contributed by atoms with E-state index < -0.39 is 10.0 Å². The molecule has 0 aliphatic heterocycles. The van der Waals surface area contributed by atoms with Gasteiger partial charge in [-0.25, -0.2) is 13.1 Å². The van der Waals surface area contributed by atoms with Gasteiger partial charge >= 0.3 is 0 Å². The van der Waals surface area contributed by atoms with Gasteiger partial charge in [-0.3, -0.25) is 5.10 Å². The first-order chi connectivity index (χ1) is 9.94. The Labute approximate surface area is 125 Å². The summed E-state index contributed by atoms with van der Waals surface area (Å²) in [7, 11) is -1.84. The number of sulfonamides is 1. The van der Waals surface area contributed by atoms with Crippen LogP contribution >= 0.6 is 0 Å². The van der Waals surface area contributed by atoms with Crippen LogP contribution in [0.25, 0.3) is 0 Å². The molecule has 1 heterocycles. The summed E-state index contributed by atoms with van der Waals surface area (Å²) in [5.41, 5.74) is 3.06. The lowest BCUT2D eigenvalue weighted by molar-refractivity contribution is 0.578. The number of hydrogen-bond acceptors (Lipinski definition) is 4. The Balaban J connectivity index is 2.21. The number of aryl methyl sites for hydroxylation is 2. The fourth-order valence-electron chi connectivity index (χ4n) is 2.19. The lowest BCUT2D eigenvalue weighted by Crippen LogP contribution is -2.25. The molecular weight excluding hydrogens is 288 g/mol. The van der Waals surface area contributed by atoms with E-state index in [-0.39, 0.29) is 11.4 Å². The monoisotopic (exact) mass is 308 g/mol. The van der Waals surface area contributed by atoms with Crippen molar-refractivity contribution in [2.75, 3.05) is 7.05 Å². The van der Waals surface area contributed by atoms with Crippen LogP contribution in [0.3, 0.4) is 0 Å².